The summed E-state index contributed by atoms with van der Waals surface area (Å²) in [6.45, 7) is 4.14. The van der Waals surface area contributed by atoms with E-state index in [4.69, 9.17) is 0 Å². The minimum atomic E-state index is -3.56. The van der Waals surface area contributed by atoms with E-state index < -0.39 is 9.84 Å². The Bertz CT molecular complexity index is 1120. The lowest BCUT2D eigenvalue weighted by Crippen LogP contribution is -2.52. The first kappa shape index (κ1) is 18.6. The van der Waals surface area contributed by atoms with Crippen molar-refractivity contribution < 1.29 is 8.42 Å². The van der Waals surface area contributed by atoms with Gasteiger partial charge in [0.05, 0.1) is 21.0 Å². The standard InChI is InChI=1S/C23H25N3O2S/c27-29(28,20-9-2-1-3-10-20)21-16-18-6-4-11-22(23(18)24-17-21)26-14-12-25(13-15-26)19-7-5-8-19/h1-4,6,9-11,16-17,19H,5,7-8,12-15H2. The molecule has 0 bridgehead atoms. The molecule has 2 aliphatic rings. The molecular formula is C23H25N3O2S. The van der Waals surface area contributed by atoms with Crippen molar-refractivity contribution in [3.63, 3.8) is 0 Å². The van der Waals surface area contributed by atoms with Crippen molar-refractivity contribution in [2.45, 2.75) is 35.1 Å². The second-order valence-corrected chi connectivity index (χ2v) is 9.89. The minimum absolute atomic E-state index is 0.239. The van der Waals surface area contributed by atoms with Gasteiger partial charge < -0.3 is 4.90 Å². The van der Waals surface area contributed by atoms with Crippen LogP contribution in [-0.4, -0.2) is 50.5 Å². The summed E-state index contributed by atoms with van der Waals surface area (Å²) >= 11 is 0. The maximum Gasteiger partial charge on any atom is 0.208 e. The SMILES string of the molecule is O=S(=O)(c1ccccc1)c1cnc2c(N3CCN(C4CCC4)CC3)cccc2c1. The lowest BCUT2D eigenvalue weighted by molar-refractivity contribution is 0.120. The van der Waals surface area contributed by atoms with Gasteiger partial charge in [0, 0.05) is 43.8 Å². The number of rotatable bonds is 4. The highest BCUT2D eigenvalue weighted by Gasteiger charge is 2.28. The zero-order valence-electron chi connectivity index (χ0n) is 16.4. The number of aromatic nitrogens is 1. The third-order valence-corrected chi connectivity index (χ3v) is 8.01. The Balaban J connectivity index is 1.44. The second-order valence-electron chi connectivity index (χ2n) is 7.94. The number of nitrogens with zero attached hydrogens (tertiary/aromatic N) is 3. The first-order chi connectivity index (χ1) is 14.1. The van der Waals surface area contributed by atoms with E-state index in [0.717, 1.165) is 48.8 Å². The maximum absolute atomic E-state index is 12.9. The average molecular weight is 408 g/mol. The fraction of sp³-hybridized carbons (Fsp3) is 0.348. The number of fused-ring (bicyclic) bond motifs is 1. The Kier molecular flexibility index (Phi) is 4.76. The molecule has 1 aromatic heterocycles. The van der Waals surface area contributed by atoms with Crippen LogP contribution in [0, 0.1) is 0 Å². The van der Waals surface area contributed by atoms with E-state index in [0.29, 0.717) is 4.90 Å². The molecule has 0 radical (unpaired) electrons. The molecule has 2 fully saturated rings. The van der Waals surface area contributed by atoms with Crippen molar-refractivity contribution in [2.75, 3.05) is 31.1 Å². The highest BCUT2D eigenvalue weighted by atomic mass is 32.2. The van der Waals surface area contributed by atoms with Crippen LogP contribution < -0.4 is 4.90 Å². The van der Waals surface area contributed by atoms with E-state index in [-0.39, 0.29) is 4.90 Å². The van der Waals surface area contributed by atoms with Crippen molar-refractivity contribution in [2.24, 2.45) is 0 Å². The smallest absolute Gasteiger partial charge is 0.208 e. The first-order valence-electron chi connectivity index (χ1n) is 10.3. The lowest BCUT2D eigenvalue weighted by Gasteiger charge is -2.43. The number of sulfone groups is 1. The maximum atomic E-state index is 12.9. The minimum Gasteiger partial charge on any atom is -0.367 e. The molecule has 0 unspecified atom stereocenters. The molecule has 1 saturated heterocycles. The van der Waals surface area contributed by atoms with Gasteiger partial charge in [-0.05, 0) is 37.1 Å². The van der Waals surface area contributed by atoms with Crippen LogP contribution in [0.1, 0.15) is 19.3 Å². The van der Waals surface area contributed by atoms with Crippen LogP contribution in [0.15, 0.2) is 70.6 Å². The number of piperazine rings is 1. The van der Waals surface area contributed by atoms with Gasteiger partial charge in [-0.1, -0.05) is 36.8 Å². The van der Waals surface area contributed by atoms with Gasteiger partial charge in [-0.2, -0.15) is 0 Å². The predicted octanol–water partition coefficient (Wildman–Crippen LogP) is 3.74. The number of hydrogen-bond donors (Lipinski definition) is 0. The quantitative estimate of drug-likeness (QED) is 0.659. The van der Waals surface area contributed by atoms with Crippen molar-refractivity contribution in [3.05, 3.63) is 60.8 Å². The highest BCUT2D eigenvalue weighted by molar-refractivity contribution is 7.91. The molecule has 2 aromatic carbocycles. The van der Waals surface area contributed by atoms with Crippen molar-refractivity contribution in [1.82, 2.24) is 9.88 Å². The summed E-state index contributed by atoms with van der Waals surface area (Å²) in [6.07, 6.45) is 5.55. The highest BCUT2D eigenvalue weighted by Crippen LogP contribution is 2.31. The molecule has 2 heterocycles. The Morgan fingerprint density at radius 3 is 2.31 bits per heavy atom. The van der Waals surface area contributed by atoms with Crippen molar-refractivity contribution in [3.8, 4) is 0 Å². The zero-order chi connectivity index (χ0) is 19.8. The molecule has 5 rings (SSSR count). The number of para-hydroxylation sites is 1. The van der Waals surface area contributed by atoms with Crippen LogP contribution >= 0.6 is 0 Å². The average Bonchev–Trinajstić information content (AvgIpc) is 2.73. The fourth-order valence-electron chi connectivity index (χ4n) is 4.34. The first-order valence-corrected chi connectivity index (χ1v) is 11.8. The number of anilines is 1. The summed E-state index contributed by atoms with van der Waals surface area (Å²) in [7, 11) is -3.56. The summed E-state index contributed by atoms with van der Waals surface area (Å²) in [5, 5.41) is 0.862. The lowest BCUT2D eigenvalue weighted by atomic mass is 9.91. The molecule has 3 aromatic rings. The van der Waals surface area contributed by atoms with E-state index in [1.165, 1.54) is 25.5 Å². The second kappa shape index (κ2) is 7.43. The molecule has 5 nitrogen and oxygen atoms in total. The van der Waals surface area contributed by atoms with Crippen molar-refractivity contribution >= 4 is 26.4 Å². The van der Waals surface area contributed by atoms with Gasteiger partial charge in [0.25, 0.3) is 0 Å². The molecule has 0 N–H and O–H groups in total. The molecule has 1 saturated carbocycles. The van der Waals surface area contributed by atoms with Gasteiger partial charge in [-0.3, -0.25) is 9.88 Å². The molecule has 0 amide bonds. The monoisotopic (exact) mass is 407 g/mol. The van der Waals surface area contributed by atoms with Gasteiger partial charge in [0.15, 0.2) is 0 Å². The molecule has 1 aliphatic heterocycles. The van der Waals surface area contributed by atoms with Crippen LogP contribution in [0.4, 0.5) is 5.69 Å². The van der Waals surface area contributed by atoms with Crippen LogP contribution in [0.3, 0.4) is 0 Å². The summed E-state index contributed by atoms with van der Waals surface area (Å²) in [6, 6.07) is 17.1. The number of hydrogen-bond acceptors (Lipinski definition) is 5. The summed E-state index contributed by atoms with van der Waals surface area (Å²) in [5.41, 5.74) is 1.97. The van der Waals surface area contributed by atoms with Gasteiger partial charge in [-0.15, -0.1) is 0 Å². The summed E-state index contributed by atoms with van der Waals surface area (Å²) < 4.78 is 25.9. The Hall–Kier alpha value is -2.44. The van der Waals surface area contributed by atoms with Gasteiger partial charge in [-0.25, -0.2) is 8.42 Å². The van der Waals surface area contributed by atoms with E-state index in [9.17, 15) is 8.42 Å². The van der Waals surface area contributed by atoms with Crippen LogP contribution in [-0.2, 0) is 9.84 Å². The van der Waals surface area contributed by atoms with E-state index in [2.05, 4.69) is 20.9 Å². The number of benzene rings is 2. The zero-order valence-corrected chi connectivity index (χ0v) is 17.2. The number of pyridine rings is 1. The summed E-state index contributed by atoms with van der Waals surface area (Å²) in [5.74, 6) is 0. The Morgan fingerprint density at radius 2 is 1.62 bits per heavy atom. The van der Waals surface area contributed by atoms with Crippen molar-refractivity contribution in [1.29, 1.82) is 0 Å². The largest absolute Gasteiger partial charge is 0.367 e. The van der Waals surface area contributed by atoms with Crippen LogP contribution in [0.5, 0.6) is 0 Å². The normalized spacial score (nSPS) is 18.7. The van der Waals surface area contributed by atoms with E-state index >= 15 is 0 Å². The molecule has 1 aliphatic carbocycles. The van der Waals surface area contributed by atoms with Gasteiger partial charge in [0.2, 0.25) is 9.84 Å². The third-order valence-electron chi connectivity index (χ3n) is 6.27. The van der Waals surface area contributed by atoms with Gasteiger partial charge in [0.1, 0.15) is 0 Å². The molecule has 0 spiro atoms. The van der Waals surface area contributed by atoms with Crippen LogP contribution in [0.25, 0.3) is 10.9 Å². The van der Waals surface area contributed by atoms with E-state index in [1.54, 1.807) is 30.3 Å². The third kappa shape index (κ3) is 3.40. The Labute approximate surface area is 171 Å². The van der Waals surface area contributed by atoms with Gasteiger partial charge >= 0.3 is 0 Å². The summed E-state index contributed by atoms with van der Waals surface area (Å²) in [4.78, 5) is 10.1. The molecule has 0 atom stereocenters. The Morgan fingerprint density at radius 1 is 0.862 bits per heavy atom. The topological polar surface area (TPSA) is 53.5 Å². The van der Waals surface area contributed by atoms with Crippen LogP contribution in [0.2, 0.25) is 0 Å². The fourth-order valence-corrected chi connectivity index (χ4v) is 5.60. The molecular weight excluding hydrogens is 382 g/mol. The molecule has 29 heavy (non-hydrogen) atoms. The van der Waals surface area contributed by atoms with E-state index in [1.807, 2.05) is 18.2 Å². The molecule has 150 valence electrons. The predicted molar refractivity (Wildman–Crippen MR) is 115 cm³/mol. The molecule has 6 heteroatoms.